The van der Waals surface area contributed by atoms with Crippen LogP contribution in [0.1, 0.15) is 75.6 Å². The molecular formula is C33H42BrNO7Si. The van der Waals surface area contributed by atoms with Gasteiger partial charge in [-0.2, -0.15) is 0 Å². The van der Waals surface area contributed by atoms with Crippen LogP contribution in [0.3, 0.4) is 0 Å². The lowest BCUT2D eigenvalue weighted by molar-refractivity contribution is -0.150. The summed E-state index contributed by atoms with van der Waals surface area (Å²) in [7, 11) is -1.98. The Hall–Kier alpha value is -2.50. The van der Waals surface area contributed by atoms with Crippen LogP contribution in [-0.2, 0) is 30.7 Å². The largest absolute Gasteiger partial charge is 0.491 e. The van der Waals surface area contributed by atoms with Crippen molar-refractivity contribution in [2.75, 3.05) is 13.2 Å². The molecule has 8 nitrogen and oxygen atoms in total. The van der Waals surface area contributed by atoms with Gasteiger partial charge in [-0.25, -0.2) is 0 Å². The van der Waals surface area contributed by atoms with Gasteiger partial charge in [0.05, 0.1) is 17.7 Å². The third kappa shape index (κ3) is 5.84. The molecule has 10 heteroatoms. The molecule has 1 saturated heterocycles. The van der Waals surface area contributed by atoms with Crippen LogP contribution in [0.15, 0.2) is 40.9 Å². The summed E-state index contributed by atoms with van der Waals surface area (Å²) >= 11 is 3.50. The number of fused-ring (bicyclic) bond motifs is 4. The standard InChI is InChI=1S/C33H42BrNO7Si/c1-31(2,3)43(8,9)40-18-26-25(41-33(6,7)42-26)17-39-20-11-13-21-23(15-20)32(4,5)30-28(29(21)38)22-12-10-19(34)14-24(22)35(30)16-27(36)37/h10-15,25-26H,16-18H2,1-9H3,(H,36,37)/t25-,26-/m1/s1. The van der Waals surface area contributed by atoms with Crippen molar-refractivity contribution in [3.05, 3.63) is 63.3 Å². The van der Waals surface area contributed by atoms with Crippen molar-refractivity contribution in [3.8, 4) is 5.75 Å². The van der Waals surface area contributed by atoms with E-state index in [1.807, 2.05) is 64.1 Å². The lowest BCUT2D eigenvalue weighted by Crippen LogP contribution is -2.44. The van der Waals surface area contributed by atoms with Crippen LogP contribution in [-0.4, -0.2) is 61.0 Å². The molecule has 0 amide bonds. The third-order valence-corrected chi connectivity index (χ3v) is 14.2. The van der Waals surface area contributed by atoms with Crippen LogP contribution in [0, 0.1) is 0 Å². The fraction of sp³-hybridized carbons (Fsp3) is 0.515. The summed E-state index contributed by atoms with van der Waals surface area (Å²) in [4.78, 5) is 25.9. The highest BCUT2D eigenvalue weighted by molar-refractivity contribution is 9.10. The van der Waals surface area contributed by atoms with Gasteiger partial charge in [-0.3, -0.25) is 9.59 Å². The number of carboxylic acids is 1. The average Bonchev–Trinajstić information content (AvgIpc) is 3.37. The number of rotatable bonds is 8. The van der Waals surface area contributed by atoms with Crippen molar-refractivity contribution in [3.63, 3.8) is 0 Å². The Morgan fingerprint density at radius 2 is 1.70 bits per heavy atom. The van der Waals surface area contributed by atoms with Crippen molar-refractivity contribution in [1.82, 2.24) is 4.57 Å². The normalized spacial score (nSPS) is 21.1. The Bertz CT molecular complexity index is 1600. The summed E-state index contributed by atoms with van der Waals surface area (Å²) < 4.78 is 27.8. The lowest BCUT2D eigenvalue weighted by atomic mass is 9.71. The lowest BCUT2D eigenvalue weighted by Gasteiger charge is -2.37. The molecule has 1 aliphatic carbocycles. The predicted octanol–water partition coefficient (Wildman–Crippen LogP) is 7.28. The molecule has 1 aliphatic heterocycles. The molecule has 2 atom stereocenters. The van der Waals surface area contributed by atoms with E-state index in [1.165, 1.54) is 0 Å². The van der Waals surface area contributed by atoms with E-state index < -0.39 is 25.5 Å². The van der Waals surface area contributed by atoms with E-state index in [-0.39, 0.29) is 36.2 Å². The molecule has 1 N–H and O–H groups in total. The molecule has 1 fully saturated rings. The second-order valence-corrected chi connectivity index (χ2v) is 19.8. The van der Waals surface area contributed by atoms with Crippen molar-refractivity contribution in [2.45, 2.75) is 96.6 Å². The molecule has 1 aromatic heterocycles. The van der Waals surface area contributed by atoms with Crippen LogP contribution in [0.4, 0.5) is 0 Å². The van der Waals surface area contributed by atoms with Gasteiger partial charge in [-0.15, -0.1) is 0 Å². The Kier molecular flexibility index (Phi) is 8.04. The van der Waals surface area contributed by atoms with Gasteiger partial charge in [-0.05, 0) is 67.9 Å². The smallest absolute Gasteiger partial charge is 0.323 e. The minimum atomic E-state index is -1.98. The number of aromatic nitrogens is 1. The van der Waals surface area contributed by atoms with Gasteiger partial charge < -0.3 is 28.3 Å². The molecule has 0 saturated carbocycles. The van der Waals surface area contributed by atoms with Gasteiger partial charge in [0.1, 0.15) is 31.1 Å². The number of ketones is 1. The first kappa shape index (κ1) is 31.9. The summed E-state index contributed by atoms with van der Waals surface area (Å²) in [5, 5.41) is 10.6. The summed E-state index contributed by atoms with van der Waals surface area (Å²) in [5.74, 6) is -1.25. The summed E-state index contributed by atoms with van der Waals surface area (Å²) in [6.45, 7) is 19.3. The van der Waals surface area contributed by atoms with E-state index in [0.717, 1.165) is 15.4 Å². The number of hydrogen-bond acceptors (Lipinski definition) is 6. The van der Waals surface area contributed by atoms with Gasteiger partial charge in [0, 0.05) is 26.5 Å². The van der Waals surface area contributed by atoms with Crippen LogP contribution >= 0.6 is 15.9 Å². The van der Waals surface area contributed by atoms with Crippen LogP contribution in [0.5, 0.6) is 5.75 Å². The number of hydrogen-bond donors (Lipinski definition) is 1. The first-order valence-electron chi connectivity index (χ1n) is 14.7. The second-order valence-electron chi connectivity index (χ2n) is 14.1. The highest BCUT2D eigenvalue weighted by atomic mass is 79.9. The topological polar surface area (TPSA) is 96.2 Å². The van der Waals surface area contributed by atoms with E-state index in [1.54, 1.807) is 4.57 Å². The molecule has 232 valence electrons. The number of nitrogens with zero attached hydrogens (tertiary/aromatic N) is 1. The maximum absolute atomic E-state index is 13.9. The Morgan fingerprint density at radius 1 is 1.05 bits per heavy atom. The van der Waals surface area contributed by atoms with Crippen LogP contribution in [0.25, 0.3) is 10.9 Å². The van der Waals surface area contributed by atoms with Gasteiger partial charge in [0.15, 0.2) is 19.9 Å². The minimum Gasteiger partial charge on any atom is -0.491 e. The molecule has 0 bridgehead atoms. The number of ether oxygens (including phenoxy) is 3. The van der Waals surface area contributed by atoms with E-state index in [0.29, 0.717) is 34.7 Å². The molecule has 0 unspecified atom stereocenters. The average molecular weight is 673 g/mol. The highest BCUT2D eigenvalue weighted by Gasteiger charge is 2.45. The SMILES string of the molecule is CC1(C)O[C@H](COc2ccc3c(c2)C(C)(C)c2c(c4ccc(Br)cc4n2CC(=O)O)C3=O)[C@@H](CO[Si](C)(C)C(C)(C)C)O1. The van der Waals surface area contributed by atoms with Crippen LogP contribution < -0.4 is 4.74 Å². The van der Waals surface area contributed by atoms with E-state index in [9.17, 15) is 14.7 Å². The molecule has 2 heterocycles. The Balaban J connectivity index is 1.44. The quantitative estimate of drug-likeness (QED) is 0.251. The van der Waals surface area contributed by atoms with Gasteiger partial charge in [-0.1, -0.05) is 56.6 Å². The van der Waals surface area contributed by atoms with Crippen molar-refractivity contribution in [1.29, 1.82) is 0 Å². The molecule has 0 radical (unpaired) electrons. The molecular weight excluding hydrogens is 630 g/mol. The summed E-state index contributed by atoms with van der Waals surface area (Å²) in [5.41, 5.74) is 2.66. The minimum absolute atomic E-state index is 0.0773. The Morgan fingerprint density at radius 3 is 2.33 bits per heavy atom. The van der Waals surface area contributed by atoms with Crippen LogP contribution in [0.2, 0.25) is 18.1 Å². The zero-order valence-electron chi connectivity index (χ0n) is 26.5. The first-order chi connectivity index (χ1) is 19.8. The van der Waals surface area contributed by atoms with Crippen molar-refractivity contribution >= 4 is 46.9 Å². The van der Waals surface area contributed by atoms with Crippen molar-refractivity contribution in [2.24, 2.45) is 0 Å². The van der Waals surface area contributed by atoms with Gasteiger partial charge in [0.2, 0.25) is 0 Å². The number of carbonyl (C=O) groups is 2. The molecule has 2 aliphatic rings. The second kappa shape index (κ2) is 10.8. The first-order valence-corrected chi connectivity index (χ1v) is 18.4. The maximum Gasteiger partial charge on any atom is 0.323 e. The number of aliphatic carboxylic acids is 1. The van der Waals surface area contributed by atoms with E-state index in [4.69, 9.17) is 18.6 Å². The molecule has 2 aromatic carbocycles. The van der Waals surface area contributed by atoms with Gasteiger partial charge in [0.25, 0.3) is 0 Å². The molecule has 3 aromatic rings. The monoisotopic (exact) mass is 671 g/mol. The molecule has 0 spiro atoms. The number of carbonyl (C=O) groups excluding carboxylic acids is 1. The Labute approximate surface area is 262 Å². The maximum atomic E-state index is 13.9. The fourth-order valence-electron chi connectivity index (χ4n) is 5.97. The number of benzene rings is 2. The zero-order chi connectivity index (χ0) is 31.7. The highest BCUT2D eigenvalue weighted by Crippen LogP contribution is 2.47. The predicted molar refractivity (Wildman–Crippen MR) is 172 cm³/mol. The van der Waals surface area contributed by atoms with E-state index in [2.05, 4.69) is 49.8 Å². The summed E-state index contributed by atoms with van der Waals surface area (Å²) in [6, 6.07) is 11.1. The van der Waals surface area contributed by atoms with E-state index >= 15 is 0 Å². The third-order valence-electron chi connectivity index (χ3n) is 9.16. The molecule has 43 heavy (non-hydrogen) atoms. The zero-order valence-corrected chi connectivity index (χ0v) is 29.0. The molecule has 5 rings (SSSR count). The van der Waals surface area contributed by atoms with Gasteiger partial charge >= 0.3 is 5.97 Å². The van der Waals surface area contributed by atoms with Crippen molar-refractivity contribution < 1.29 is 33.3 Å². The number of carboxylic acid groups (broad SMARTS) is 1. The number of halogens is 1. The summed E-state index contributed by atoms with van der Waals surface area (Å²) in [6.07, 6.45) is -0.623. The fourth-order valence-corrected chi connectivity index (χ4v) is 7.33.